The molecule has 0 saturated carbocycles. The molecule has 2 amide bonds. The Balaban J connectivity index is 4.34. The lowest BCUT2D eigenvalue weighted by atomic mass is 10.0. The highest BCUT2D eigenvalue weighted by atomic mass is 16.4. The second kappa shape index (κ2) is 29.0. The van der Waals surface area contributed by atoms with E-state index < -0.39 is 25.0 Å². The summed E-state index contributed by atoms with van der Waals surface area (Å²) in [5.41, 5.74) is 0. The lowest BCUT2D eigenvalue weighted by Crippen LogP contribution is -2.44. The lowest BCUT2D eigenvalue weighted by molar-refractivity contribution is -0.147. The monoisotopic (exact) mass is 596 g/mol. The van der Waals surface area contributed by atoms with Crippen LogP contribution in [0, 0.1) is 0 Å². The van der Waals surface area contributed by atoms with Gasteiger partial charge in [0.05, 0.1) is 0 Å². The molecule has 0 aliphatic rings. The van der Waals surface area contributed by atoms with E-state index in [0.29, 0.717) is 12.8 Å². The molecule has 8 nitrogen and oxygen atoms in total. The average molecular weight is 597 g/mol. The molecule has 0 heterocycles. The van der Waals surface area contributed by atoms with Crippen LogP contribution in [0.15, 0.2) is 0 Å². The maximum Gasteiger partial charge on any atom is 0.323 e. The summed E-state index contributed by atoms with van der Waals surface area (Å²) in [7, 11) is 0. The lowest BCUT2D eigenvalue weighted by Gasteiger charge is -2.26. The first-order chi connectivity index (χ1) is 20.3. The highest BCUT2D eigenvalue weighted by Crippen LogP contribution is 2.14. The third kappa shape index (κ3) is 25.6. The Morgan fingerprint density at radius 1 is 0.405 bits per heavy atom. The summed E-state index contributed by atoms with van der Waals surface area (Å²) in [5, 5.41) is 18.6. The van der Waals surface area contributed by atoms with Crippen LogP contribution in [0.5, 0.6) is 0 Å². The molecule has 0 atom stereocenters. The minimum atomic E-state index is -1.11. The normalized spacial score (nSPS) is 11.0. The fourth-order valence-electron chi connectivity index (χ4n) is 5.35. The Bertz CT molecular complexity index is 642. The van der Waals surface area contributed by atoms with Crippen molar-refractivity contribution in [3.05, 3.63) is 0 Å². The summed E-state index contributed by atoms with van der Waals surface area (Å²) in [6, 6.07) is 0. The number of carboxylic acid groups (broad SMARTS) is 2. The molecule has 0 aromatic heterocycles. The van der Waals surface area contributed by atoms with Gasteiger partial charge in [0.15, 0.2) is 0 Å². The number of unbranched alkanes of at least 4 members (excludes halogenated alkanes) is 20. The van der Waals surface area contributed by atoms with Crippen molar-refractivity contribution < 1.29 is 29.4 Å². The Hall–Kier alpha value is -2.12. The molecule has 0 aliphatic carbocycles. The molecule has 0 unspecified atom stereocenters. The quantitative estimate of drug-likeness (QED) is 0.0779. The molecule has 0 saturated heterocycles. The molecule has 2 N–H and O–H groups in total. The van der Waals surface area contributed by atoms with Crippen LogP contribution < -0.4 is 0 Å². The molecule has 246 valence electrons. The maximum absolute atomic E-state index is 12.8. The Labute approximate surface area is 257 Å². The van der Waals surface area contributed by atoms with Gasteiger partial charge in [-0.3, -0.25) is 19.2 Å². The van der Waals surface area contributed by atoms with E-state index in [-0.39, 0.29) is 37.7 Å². The molecular formula is C34H64N2O6. The van der Waals surface area contributed by atoms with Crippen LogP contribution in [0.1, 0.15) is 168 Å². The van der Waals surface area contributed by atoms with Crippen molar-refractivity contribution in [1.29, 1.82) is 0 Å². The van der Waals surface area contributed by atoms with Crippen molar-refractivity contribution in [2.45, 2.75) is 168 Å². The second-order valence-corrected chi connectivity index (χ2v) is 12.0. The van der Waals surface area contributed by atoms with Gasteiger partial charge in [0.1, 0.15) is 13.1 Å². The van der Waals surface area contributed by atoms with E-state index in [2.05, 4.69) is 13.8 Å². The van der Waals surface area contributed by atoms with Gasteiger partial charge in [-0.2, -0.15) is 0 Å². The van der Waals surface area contributed by atoms with E-state index in [1.165, 1.54) is 99.7 Å². The van der Waals surface area contributed by atoms with E-state index in [1.807, 2.05) is 0 Å². The number of hydrogen-bond donors (Lipinski definition) is 2. The topological polar surface area (TPSA) is 115 Å². The number of carbonyl (C=O) groups is 4. The third-order valence-corrected chi connectivity index (χ3v) is 7.99. The van der Waals surface area contributed by atoms with Crippen molar-refractivity contribution in [3.8, 4) is 0 Å². The number of amides is 2. The molecule has 0 fully saturated rings. The van der Waals surface area contributed by atoms with Crippen molar-refractivity contribution in [1.82, 2.24) is 9.80 Å². The SMILES string of the molecule is CCCCCCCCCCCCCC(=O)N(CCN(CC(=O)O)C(=O)CCCCCCCCCCCCC)CC(=O)O. The first-order valence-corrected chi connectivity index (χ1v) is 17.3. The highest BCUT2D eigenvalue weighted by molar-refractivity contribution is 5.82. The number of carboxylic acids is 2. The van der Waals surface area contributed by atoms with Crippen LogP contribution in [0.25, 0.3) is 0 Å². The molecule has 0 rings (SSSR count). The third-order valence-electron chi connectivity index (χ3n) is 7.99. The van der Waals surface area contributed by atoms with Crippen LogP contribution in [-0.4, -0.2) is 69.9 Å². The van der Waals surface area contributed by atoms with E-state index in [0.717, 1.165) is 38.5 Å². The van der Waals surface area contributed by atoms with E-state index in [4.69, 9.17) is 0 Å². The van der Waals surface area contributed by atoms with Crippen molar-refractivity contribution in [2.24, 2.45) is 0 Å². The molecule has 0 aliphatic heterocycles. The molecule has 0 radical (unpaired) electrons. The fraction of sp³-hybridized carbons (Fsp3) is 0.882. The Morgan fingerprint density at radius 3 is 0.881 bits per heavy atom. The molecule has 42 heavy (non-hydrogen) atoms. The van der Waals surface area contributed by atoms with Crippen molar-refractivity contribution >= 4 is 23.8 Å². The number of hydrogen-bond acceptors (Lipinski definition) is 4. The van der Waals surface area contributed by atoms with Crippen LogP contribution >= 0.6 is 0 Å². The molecule has 0 aromatic rings. The van der Waals surface area contributed by atoms with E-state index in [1.54, 1.807) is 0 Å². The summed E-state index contributed by atoms with van der Waals surface area (Å²) < 4.78 is 0. The predicted octanol–water partition coefficient (Wildman–Crippen LogP) is 8.22. The standard InChI is InChI=1S/C34H64N2O6/c1-3-5-7-9-11-13-15-17-19-21-23-25-31(37)35(29-33(39)40)27-28-36(30-34(41)42)32(38)26-24-22-20-18-16-14-12-10-8-6-4-2/h3-30H2,1-2H3,(H,39,40)(H,41,42). The van der Waals surface area contributed by atoms with Gasteiger partial charge in [0, 0.05) is 25.9 Å². The highest BCUT2D eigenvalue weighted by Gasteiger charge is 2.21. The van der Waals surface area contributed by atoms with Gasteiger partial charge in [-0.1, -0.05) is 142 Å². The van der Waals surface area contributed by atoms with Crippen LogP contribution in [0.3, 0.4) is 0 Å². The van der Waals surface area contributed by atoms with Gasteiger partial charge in [-0.05, 0) is 12.8 Å². The smallest absolute Gasteiger partial charge is 0.323 e. The zero-order chi connectivity index (χ0) is 31.3. The van der Waals surface area contributed by atoms with Gasteiger partial charge in [0.2, 0.25) is 11.8 Å². The van der Waals surface area contributed by atoms with E-state index in [9.17, 15) is 29.4 Å². The molecular weight excluding hydrogens is 532 g/mol. The second-order valence-electron chi connectivity index (χ2n) is 12.0. The first-order valence-electron chi connectivity index (χ1n) is 17.3. The maximum atomic E-state index is 12.8. The summed E-state index contributed by atoms with van der Waals surface area (Å²) in [6.07, 6.45) is 26.3. The summed E-state index contributed by atoms with van der Waals surface area (Å²) >= 11 is 0. The van der Waals surface area contributed by atoms with Gasteiger partial charge >= 0.3 is 11.9 Å². The molecule has 0 spiro atoms. The van der Waals surface area contributed by atoms with Crippen molar-refractivity contribution in [2.75, 3.05) is 26.2 Å². The van der Waals surface area contributed by atoms with Gasteiger partial charge in [-0.25, -0.2) is 0 Å². The van der Waals surface area contributed by atoms with Crippen molar-refractivity contribution in [3.63, 3.8) is 0 Å². The Morgan fingerprint density at radius 2 is 0.643 bits per heavy atom. The van der Waals surface area contributed by atoms with Crippen LogP contribution in [0.2, 0.25) is 0 Å². The molecule has 0 aromatic carbocycles. The average Bonchev–Trinajstić information content (AvgIpc) is 2.95. The fourth-order valence-corrected chi connectivity index (χ4v) is 5.35. The molecule has 0 bridgehead atoms. The summed E-state index contributed by atoms with van der Waals surface area (Å²) in [6.45, 7) is 3.62. The molecule has 8 heteroatoms. The summed E-state index contributed by atoms with van der Waals surface area (Å²) in [5.74, 6) is -2.72. The predicted molar refractivity (Wildman–Crippen MR) is 171 cm³/mol. The summed E-state index contributed by atoms with van der Waals surface area (Å²) in [4.78, 5) is 50.8. The van der Waals surface area contributed by atoms with E-state index >= 15 is 0 Å². The Kier molecular flexibility index (Phi) is 27.5. The number of aliphatic carboxylic acids is 2. The minimum Gasteiger partial charge on any atom is -0.480 e. The van der Waals surface area contributed by atoms with Gasteiger partial charge in [0.25, 0.3) is 0 Å². The minimum absolute atomic E-state index is 0.0282. The number of carbonyl (C=O) groups excluding carboxylic acids is 2. The number of nitrogens with zero attached hydrogens (tertiary/aromatic N) is 2. The first kappa shape index (κ1) is 39.9. The van der Waals surface area contributed by atoms with Gasteiger partial charge < -0.3 is 20.0 Å². The van der Waals surface area contributed by atoms with Crippen LogP contribution in [0.4, 0.5) is 0 Å². The van der Waals surface area contributed by atoms with Gasteiger partial charge in [-0.15, -0.1) is 0 Å². The zero-order valence-electron chi connectivity index (χ0n) is 27.2. The zero-order valence-corrected chi connectivity index (χ0v) is 27.2. The largest absolute Gasteiger partial charge is 0.480 e. The number of rotatable bonds is 31. The van der Waals surface area contributed by atoms with Crippen LogP contribution in [-0.2, 0) is 19.2 Å².